The van der Waals surface area contributed by atoms with E-state index < -0.39 is 6.03 Å². The van der Waals surface area contributed by atoms with Crippen molar-refractivity contribution in [3.05, 3.63) is 0 Å². The topological polar surface area (TPSA) is 67.2 Å². The van der Waals surface area contributed by atoms with Crippen molar-refractivity contribution in [2.75, 3.05) is 6.26 Å². The smallest absolute Gasteiger partial charge is 0.327 e. The molecule has 0 bridgehead atoms. The number of hydrogen-bond acceptors (Lipinski definition) is 3. The first-order valence-corrected chi connectivity index (χ1v) is 2.83. The molecule has 0 aliphatic carbocycles. The lowest BCUT2D eigenvalue weighted by molar-refractivity contribution is 0.248. The summed E-state index contributed by atoms with van der Waals surface area (Å²) < 4.78 is 0. The summed E-state index contributed by atoms with van der Waals surface area (Å²) >= 11 is 1.27. The summed E-state index contributed by atoms with van der Waals surface area (Å²) in [7, 11) is 0. The number of rotatable bonds is 2. The van der Waals surface area contributed by atoms with Gasteiger partial charge in [0.15, 0.2) is 0 Å². The first-order chi connectivity index (χ1) is 3.27. The van der Waals surface area contributed by atoms with E-state index in [4.69, 9.17) is 0 Å². The quantitative estimate of drug-likeness (QED) is 0.339. The van der Waals surface area contributed by atoms with Crippen LogP contribution in [0.3, 0.4) is 0 Å². The molecule has 5 heteroatoms. The van der Waals surface area contributed by atoms with Crippen LogP contribution in [0, 0.1) is 0 Å². The van der Waals surface area contributed by atoms with Gasteiger partial charge in [0.2, 0.25) is 0 Å². The lowest BCUT2D eigenvalue weighted by Gasteiger charge is -1.95. The van der Waals surface area contributed by atoms with Crippen LogP contribution < -0.4 is 16.0 Å². The number of carbonyl (C=O) groups is 1. The number of urea groups is 1. The van der Waals surface area contributed by atoms with Crippen LogP contribution in [0.2, 0.25) is 0 Å². The third-order valence-electron chi connectivity index (χ3n) is 0.276. The Morgan fingerprint density at radius 2 is 2.43 bits per heavy atom. The maximum Gasteiger partial charge on any atom is 0.327 e. The standard InChI is InChI=1S/C2H7N3OS/c1-7-5-4-2(3)6/h5H,1H3,(H3,3,4,6). The lowest BCUT2D eigenvalue weighted by atomic mass is 11.2. The Bertz CT molecular complexity index is 66.0. The largest absolute Gasteiger partial charge is 0.351 e. The minimum absolute atomic E-state index is 0.575. The van der Waals surface area contributed by atoms with E-state index >= 15 is 0 Å². The van der Waals surface area contributed by atoms with Crippen LogP contribution in [0.5, 0.6) is 0 Å². The summed E-state index contributed by atoms with van der Waals surface area (Å²) in [6.45, 7) is 0. The van der Waals surface area contributed by atoms with Crippen LogP contribution in [0.25, 0.3) is 0 Å². The van der Waals surface area contributed by atoms with E-state index in [1.165, 1.54) is 11.9 Å². The highest BCUT2D eigenvalue weighted by Gasteiger charge is 1.82. The van der Waals surface area contributed by atoms with Crippen molar-refractivity contribution in [1.29, 1.82) is 0 Å². The molecule has 4 nitrogen and oxygen atoms in total. The molecule has 42 valence electrons. The third-order valence-corrected chi connectivity index (χ3v) is 0.582. The van der Waals surface area contributed by atoms with E-state index in [1.54, 1.807) is 6.26 Å². The van der Waals surface area contributed by atoms with E-state index in [-0.39, 0.29) is 0 Å². The molecule has 0 saturated heterocycles. The van der Waals surface area contributed by atoms with Gasteiger partial charge in [-0.15, -0.1) is 0 Å². The summed E-state index contributed by atoms with van der Waals surface area (Å²) in [6, 6.07) is -0.575. The van der Waals surface area contributed by atoms with E-state index in [0.29, 0.717) is 0 Å². The Kier molecular flexibility index (Phi) is 3.53. The molecule has 0 aromatic rings. The Balaban J connectivity index is 2.82. The van der Waals surface area contributed by atoms with E-state index in [0.717, 1.165) is 0 Å². The Hall–Kier alpha value is -0.420. The van der Waals surface area contributed by atoms with Crippen molar-refractivity contribution >= 4 is 18.0 Å². The van der Waals surface area contributed by atoms with Gasteiger partial charge >= 0.3 is 6.03 Å². The molecule has 0 saturated carbocycles. The van der Waals surface area contributed by atoms with Crippen LogP contribution in [0.1, 0.15) is 0 Å². The van der Waals surface area contributed by atoms with Gasteiger partial charge in [-0.2, -0.15) is 4.83 Å². The fourth-order valence-electron chi connectivity index (χ4n) is 0.101. The normalized spacial score (nSPS) is 8.14. The van der Waals surface area contributed by atoms with Crippen molar-refractivity contribution in [2.24, 2.45) is 5.73 Å². The Morgan fingerprint density at radius 3 is 2.57 bits per heavy atom. The summed E-state index contributed by atoms with van der Waals surface area (Å²) in [6.07, 6.45) is 1.77. The molecular formula is C2H7N3OS. The summed E-state index contributed by atoms with van der Waals surface area (Å²) in [4.78, 5) is 12.2. The Labute approximate surface area is 45.9 Å². The molecule has 0 fully saturated rings. The minimum Gasteiger partial charge on any atom is -0.351 e. The van der Waals surface area contributed by atoms with Gasteiger partial charge in [0.05, 0.1) is 0 Å². The highest BCUT2D eigenvalue weighted by atomic mass is 32.2. The summed E-state index contributed by atoms with van der Waals surface area (Å²) in [5.74, 6) is 0. The predicted octanol–water partition coefficient (Wildman–Crippen LogP) is -0.563. The molecular weight excluding hydrogens is 114 g/mol. The van der Waals surface area contributed by atoms with Gasteiger partial charge in [0.25, 0.3) is 0 Å². The maximum atomic E-state index is 9.79. The molecule has 7 heavy (non-hydrogen) atoms. The van der Waals surface area contributed by atoms with Gasteiger partial charge in [-0.05, 0) is 6.26 Å². The first kappa shape index (κ1) is 6.58. The van der Waals surface area contributed by atoms with Crippen molar-refractivity contribution in [2.45, 2.75) is 0 Å². The van der Waals surface area contributed by atoms with Crippen LogP contribution in [-0.4, -0.2) is 12.3 Å². The fourth-order valence-corrected chi connectivity index (χ4v) is 0.304. The number of amides is 2. The van der Waals surface area contributed by atoms with E-state index in [1.807, 2.05) is 0 Å². The van der Waals surface area contributed by atoms with Gasteiger partial charge in [0, 0.05) is 0 Å². The maximum absolute atomic E-state index is 9.79. The molecule has 0 rings (SSSR count). The minimum atomic E-state index is -0.575. The number of carbonyl (C=O) groups excluding carboxylic acids is 1. The van der Waals surface area contributed by atoms with Crippen LogP contribution >= 0.6 is 11.9 Å². The third kappa shape index (κ3) is 5.58. The molecule has 0 aliphatic rings. The van der Waals surface area contributed by atoms with Gasteiger partial charge in [-0.3, -0.25) is 5.43 Å². The monoisotopic (exact) mass is 121 g/mol. The average Bonchev–Trinajstić information content (AvgIpc) is 1.61. The second-order valence-electron chi connectivity index (χ2n) is 0.795. The highest BCUT2D eigenvalue weighted by molar-refractivity contribution is 7.96. The molecule has 4 N–H and O–H groups in total. The lowest BCUT2D eigenvalue weighted by Crippen LogP contribution is -2.36. The summed E-state index contributed by atoms with van der Waals surface area (Å²) in [5, 5.41) is 0. The van der Waals surface area contributed by atoms with Gasteiger partial charge in [-0.1, -0.05) is 11.9 Å². The summed E-state index contributed by atoms with van der Waals surface area (Å²) in [5.41, 5.74) is 6.80. The second kappa shape index (κ2) is 3.76. The van der Waals surface area contributed by atoms with Crippen LogP contribution in [0.4, 0.5) is 4.79 Å². The SMILES string of the molecule is CSNNC(N)=O. The van der Waals surface area contributed by atoms with E-state index in [2.05, 4.69) is 16.0 Å². The molecule has 0 radical (unpaired) electrons. The van der Waals surface area contributed by atoms with Gasteiger partial charge < -0.3 is 5.73 Å². The number of hydrogen-bond donors (Lipinski definition) is 3. The molecule has 0 aromatic carbocycles. The second-order valence-corrected chi connectivity index (χ2v) is 1.41. The number of nitrogens with two attached hydrogens (primary N) is 1. The van der Waals surface area contributed by atoms with Crippen molar-refractivity contribution < 1.29 is 4.79 Å². The molecule has 0 spiro atoms. The van der Waals surface area contributed by atoms with Gasteiger partial charge in [-0.25, -0.2) is 4.79 Å². The number of nitrogens with one attached hydrogen (secondary N) is 2. The zero-order chi connectivity index (χ0) is 5.70. The molecule has 0 atom stereocenters. The van der Waals surface area contributed by atoms with Crippen molar-refractivity contribution in [1.82, 2.24) is 10.3 Å². The fraction of sp³-hybridized carbons (Fsp3) is 0.500. The molecule has 0 heterocycles. The van der Waals surface area contributed by atoms with Crippen LogP contribution in [0.15, 0.2) is 0 Å². The zero-order valence-corrected chi connectivity index (χ0v) is 4.71. The highest BCUT2D eigenvalue weighted by Crippen LogP contribution is 1.72. The first-order valence-electron chi connectivity index (χ1n) is 1.61. The average molecular weight is 121 g/mol. The van der Waals surface area contributed by atoms with Gasteiger partial charge in [0.1, 0.15) is 0 Å². The van der Waals surface area contributed by atoms with Crippen molar-refractivity contribution in [3.8, 4) is 0 Å². The Morgan fingerprint density at radius 1 is 1.86 bits per heavy atom. The number of hydrazine groups is 1. The zero-order valence-electron chi connectivity index (χ0n) is 3.89. The molecule has 0 unspecified atom stereocenters. The predicted molar refractivity (Wildman–Crippen MR) is 29.4 cm³/mol. The van der Waals surface area contributed by atoms with E-state index in [9.17, 15) is 4.79 Å². The molecule has 0 aliphatic heterocycles. The van der Waals surface area contributed by atoms with Crippen molar-refractivity contribution in [3.63, 3.8) is 0 Å². The molecule has 2 amide bonds. The number of primary amides is 1. The molecule has 0 aromatic heterocycles. The van der Waals surface area contributed by atoms with Crippen LogP contribution in [-0.2, 0) is 0 Å².